The fraction of sp³-hybridized carbons (Fsp3) is 1.00. The third kappa shape index (κ3) is 4.52. The summed E-state index contributed by atoms with van der Waals surface area (Å²) >= 11 is 0. The highest BCUT2D eigenvalue weighted by Crippen LogP contribution is 1.98. The van der Waals surface area contributed by atoms with Gasteiger partial charge in [-0.3, -0.25) is 4.98 Å². The van der Waals surface area contributed by atoms with E-state index in [1.807, 2.05) is 6.55 Å². The van der Waals surface area contributed by atoms with Crippen molar-refractivity contribution >= 4 is 8.72 Å². The number of hydrogen-bond acceptors (Lipinski definition) is 3. The Morgan fingerprint density at radius 1 is 1.27 bits per heavy atom. The molecule has 0 radical (unpaired) electrons. The molecule has 0 rings (SSSR count). The van der Waals surface area contributed by atoms with Crippen molar-refractivity contribution in [2.75, 3.05) is 20.8 Å². The van der Waals surface area contributed by atoms with E-state index in [1.54, 1.807) is 14.2 Å². The Morgan fingerprint density at radius 3 is 2.18 bits per heavy atom. The number of nitrogens with one attached hydrogen (secondary N) is 1. The summed E-state index contributed by atoms with van der Waals surface area (Å²) in [5.41, 5.74) is 0. The second-order valence-corrected chi connectivity index (χ2v) is 5.70. The van der Waals surface area contributed by atoms with Crippen molar-refractivity contribution in [3.63, 3.8) is 0 Å². The molecule has 0 amide bonds. The summed E-state index contributed by atoms with van der Waals surface area (Å²) in [6.45, 7) is 5.16. The van der Waals surface area contributed by atoms with Crippen molar-refractivity contribution in [1.82, 2.24) is 4.98 Å². The zero-order chi connectivity index (χ0) is 8.74. The summed E-state index contributed by atoms with van der Waals surface area (Å²) in [5, 5.41) is 0. The molecule has 0 spiro atoms. The molecule has 0 atom stereocenters. The molecule has 0 saturated heterocycles. The van der Waals surface area contributed by atoms with Gasteiger partial charge in [0.05, 0.1) is 0 Å². The number of unbranched alkanes of at least 4 members (excludes halogenated alkanes) is 1. The Balaban J connectivity index is 3.51. The lowest BCUT2D eigenvalue weighted by molar-refractivity contribution is 0.235. The van der Waals surface area contributed by atoms with Crippen molar-refractivity contribution in [3.05, 3.63) is 0 Å². The van der Waals surface area contributed by atoms with Crippen LogP contribution in [0.15, 0.2) is 0 Å². The van der Waals surface area contributed by atoms with E-state index in [0.29, 0.717) is 0 Å². The Labute approximate surface area is 70.4 Å². The van der Waals surface area contributed by atoms with Gasteiger partial charge in [0.15, 0.2) is 0 Å². The monoisotopic (exact) mass is 177 g/mol. The van der Waals surface area contributed by atoms with Crippen molar-refractivity contribution in [1.29, 1.82) is 0 Å². The van der Waals surface area contributed by atoms with Crippen LogP contribution in [-0.4, -0.2) is 29.5 Å². The summed E-state index contributed by atoms with van der Waals surface area (Å²) in [4.78, 5) is 3.29. The van der Waals surface area contributed by atoms with E-state index in [1.165, 1.54) is 12.8 Å². The van der Waals surface area contributed by atoms with Gasteiger partial charge in [-0.25, -0.2) is 0 Å². The van der Waals surface area contributed by atoms with Crippen molar-refractivity contribution in [3.8, 4) is 0 Å². The third-order valence-corrected chi connectivity index (χ3v) is 4.21. The summed E-state index contributed by atoms with van der Waals surface area (Å²) in [6, 6.07) is 0. The SMILES string of the molecule is CCCCN[Si](C)(OC)OC. The highest BCUT2D eigenvalue weighted by Gasteiger charge is 2.27. The van der Waals surface area contributed by atoms with Gasteiger partial charge in [0.25, 0.3) is 0 Å². The van der Waals surface area contributed by atoms with Gasteiger partial charge in [-0.05, 0) is 19.5 Å². The average Bonchev–Trinajstić information content (AvgIpc) is 2.05. The second-order valence-electron chi connectivity index (χ2n) is 2.63. The lowest BCUT2D eigenvalue weighted by atomic mass is 10.3. The largest absolute Gasteiger partial charge is 0.421 e. The molecule has 0 aliphatic rings. The standard InChI is InChI=1S/C7H19NO2Si/c1-5-6-7-8-11(4,9-2)10-3/h8H,5-7H2,1-4H3. The molecule has 0 aliphatic carbocycles. The first kappa shape index (κ1) is 11.1. The van der Waals surface area contributed by atoms with Crippen LogP contribution < -0.4 is 4.98 Å². The Kier molecular flexibility index (Phi) is 5.76. The highest BCUT2D eigenvalue weighted by molar-refractivity contribution is 6.63. The molecule has 0 bridgehead atoms. The van der Waals surface area contributed by atoms with Crippen LogP contribution in [0, 0.1) is 0 Å². The van der Waals surface area contributed by atoms with E-state index in [4.69, 9.17) is 8.85 Å². The first-order chi connectivity index (χ1) is 5.18. The van der Waals surface area contributed by atoms with Gasteiger partial charge in [-0.2, -0.15) is 0 Å². The Bertz CT molecular complexity index is 96.4. The van der Waals surface area contributed by atoms with Crippen molar-refractivity contribution in [2.24, 2.45) is 0 Å². The zero-order valence-electron chi connectivity index (χ0n) is 7.94. The topological polar surface area (TPSA) is 30.5 Å². The van der Waals surface area contributed by atoms with Crippen LogP contribution in [0.4, 0.5) is 0 Å². The number of hydrogen-bond donors (Lipinski definition) is 1. The minimum Gasteiger partial charge on any atom is -0.386 e. The Morgan fingerprint density at radius 2 is 1.82 bits per heavy atom. The smallest absolute Gasteiger partial charge is 0.386 e. The molecule has 0 saturated carbocycles. The molecule has 11 heavy (non-hydrogen) atoms. The highest BCUT2D eigenvalue weighted by atomic mass is 28.4. The van der Waals surface area contributed by atoms with Crippen molar-refractivity contribution < 1.29 is 8.85 Å². The van der Waals surface area contributed by atoms with Crippen LogP contribution in [-0.2, 0) is 8.85 Å². The molecule has 4 heteroatoms. The van der Waals surface area contributed by atoms with Gasteiger partial charge in [-0.1, -0.05) is 13.3 Å². The molecule has 0 aromatic rings. The molecule has 0 heterocycles. The molecular formula is C7H19NO2Si. The summed E-state index contributed by atoms with van der Waals surface area (Å²) in [6.07, 6.45) is 2.38. The molecule has 0 aliphatic heterocycles. The predicted molar refractivity (Wildman–Crippen MR) is 48.5 cm³/mol. The summed E-state index contributed by atoms with van der Waals surface area (Å²) in [7, 11) is 1.39. The van der Waals surface area contributed by atoms with Gasteiger partial charge < -0.3 is 8.85 Å². The van der Waals surface area contributed by atoms with Crippen LogP contribution in [0.2, 0.25) is 6.55 Å². The predicted octanol–water partition coefficient (Wildman–Crippen LogP) is 1.24. The fourth-order valence-corrected chi connectivity index (χ4v) is 1.81. The maximum absolute atomic E-state index is 5.24. The van der Waals surface area contributed by atoms with E-state index in [0.717, 1.165) is 6.54 Å². The first-order valence-electron chi connectivity index (χ1n) is 4.04. The van der Waals surface area contributed by atoms with Gasteiger partial charge in [-0.15, -0.1) is 0 Å². The van der Waals surface area contributed by atoms with Crippen LogP contribution in [0.3, 0.4) is 0 Å². The van der Waals surface area contributed by atoms with Gasteiger partial charge in [0, 0.05) is 14.2 Å². The number of rotatable bonds is 6. The van der Waals surface area contributed by atoms with E-state index in [-0.39, 0.29) is 0 Å². The normalized spacial score (nSPS) is 12.0. The molecule has 1 N–H and O–H groups in total. The lowest BCUT2D eigenvalue weighted by Gasteiger charge is -2.23. The van der Waals surface area contributed by atoms with E-state index in [9.17, 15) is 0 Å². The third-order valence-electron chi connectivity index (χ3n) is 1.76. The molecule has 0 aromatic carbocycles. The maximum atomic E-state index is 5.24. The first-order valence-corrected chi connectivity index (χ1v) is 6.35. The van der Waals surface area contributed by atoms with Crippen LogP contribution in [0.5, 0.6) is 0 Å². The lowest BCUT2D eigenvalue weighted by Crippen LogP contribution is -2.52. The van der Waals surface area contributed by atoms with Crippen LogP contribution in [0.25, 0.3) is 0 Å². The van der Waals surface area contributed by atoms with Gasteiger partial charge in [0.2, 0.25) is 0 Å². The quantitative estimate of drug-likeness (QED) is 0.489. The fourth-order valence-electron chi connectivity index (χ4n) is 0.720. The van der Waals surface area contributed by atoms with Gasteiger partial charge >= 0.3 is 8.72 Å². The molecule has 68 valence electrons. The molecule has 0 fully saturated rings. The molecule has 3 nitrogen and oxygen atoms in total. The van der Waals surface area contributed by atoms with Crippen LogP contribution in [0.1, 0.15) is 19.8 Å². The molecule has 0 aromatic heterocycles. The molecule has 0 unspecified atom stereocenters. The van der Waals surface area contributed by atoms with E-state index < -0.39 is 8.72 Å². The second kappa shape index (κ2) is 5.71. The maximum Gasteiger partial charge on any atom is 0.421 e. The van der Waals surface area contributed by atoms with E-state index in [2.05, 4.69) is 11.9 Å². The summed E-state index contributed by atoms with van der Waals surface area (Å²) in [5.74, 6) is 0. The van der Waals surface area contributed by atoms with Crippen LogP contribution >= 0.6 is 0 Å². The minimum absolute atomic E-state index is 0.987. The Hall–Kier alpha value is 0.0969. The van der Waals surface area contributed by atoms with Crippen molar-refractivity contribution in [2.45, 2.75) is 26.3 Å². The minimum atomic E-state index is -1.98. The molecular weight excluding hydrogens is 158 g/mol. The van der Waals surface area contributed by atoms with Gasteiger partial charge in [0.1, 0.15) is 0 Å². The zero-order valence-corrected chi connectivity index (χ0v) is 8.94. The average molecular weight is 177 g/mol. The summed E-state index contributed by atoms with van der Waals surface area (Å²) < 4.78 is 10.5. The van der Waals surface area contributed by atoms with E-state index >= 15 is 0 Å².